The minimum atomic E-state index is 0.551. The highest BCUT2D eigenvalue weighted by Gasteiger charge is 1.93. The van der Waals surface area contributed by atoms with Crippen LogP contribution in [0.15, 0.2) is 12.1 Å². The van der Waals surface area contributed by atoms with Gasteiger partial charge in [-0.05, 0) is 12.1 Å². The number of carbonyl (C=O) groups excluding carboxylic acids is 1. The third-order valence-electron chi connectivity index (χ3n) is 0.674. The summed E-state index contributed by atoms with van der Waals surface area (Å²) in [6.07, 6.45) is 1.73. The molecule has 0 atom stereocenters. The van der Waals surface area contributed by atoms with Gasteiger partial charge in [0, 0.05) is 0 Å². The maximum absolute atomic E-state index is 9.85. The molecule has 0 fully saturated rings. The molecule has 0 aliphatic carbocycles. The van der Waals surface area contributed by atoms with Gasteiger partial charge in [-0.25, -0.2) is 0 Å². The highest BCUT2D eigenvalue weighted by molar-refractivity contribution is 7.17. The molecule has 1 aromatic heterocycles. The van der Waals surface area contributed by atoms with Gasteiger partial charge in [0.05, 0.1) is 9.21 Å². The fourth-order valence-corrected chi connectivity index (χ4v) is 1.21. The average molecular weight is 146 g/mol. The monoisotopic (exact) mass is 145 g/mol. The molecule has 0 aliphatic rings. The van der Waals surface area contributed by atoms with Crippen molar-refractivity contribution >= 4 is 29.2 Å². The third-order valence-corrected chi connectivity index (χ3v) is 1.80. The molecule has 1 radical (unpaired) electrons. The normalized spacial score (nSPS) is 9.12. The Bertz CT molecular complexity index is 194. The molecule has 0 bridgehead atoms. The first kappa shape index (κ1) is 5.79. The van der Waals surface area contributed by atoms with E-state index in [0.717, 1.165) is 0 Å². The maximum Gasteiger partial charge on any atom is 0.244 e. The summed E-state index contributed by atoms with van der Waals surface area (Å²) in [7, 11) is 0. The summed E-state index contributed by atoms with van der Waals surface area (Å²) in [4.78, 5) is 10.4. The van der Waals surface area contributed by atoms with Crippen LogP contribution in [0.1, 0.15) is 4.88 Å². The summed E-state index contributed by atoms with van der Waals surface area (Å²) in [5.41, 5.74) is 0. The van der Waals surface area contributed by atoms with Gasteiger partial charge in [0.15, 0.2) is 0 Å². The fourth-order valence-electron chi connectivity index (χ4n) is 0.369. The zero-order chi connectivity index (χ0) is 5.98. The Balaban J connectivity index is 3.00. The van der Waals surface area contributed by atoms with E-state index in [2.05, 4.69) is 0 Å². The second-order valence-electron chi connectivity index (χ2n) is 1.21. The van der Waals surface area contributed by atoms with Gasteiger partial charge in [-0.1, -0.05) is 11.6 Å². The van der Waals surface area contributed by atoms with Gasteiger partial charge in [0.2, 0.25) is 6.29 Å². The topological polar surface area (TPSA) is 17.1 Å². The van der Waals surface area contributed by atoms with E-state index in [0.29, 0.717) is 9.21 Å². The summed E-state index contributed by atoms with van der Waals surface area (Å²) in [6, 6.07) is 3.31. The number of hydrogen-bond donors (Lipinski definition) is 0. The van der Waals surface area contributed by atoms with Crippen LogP contribution in [0.4, 0.5) is 0 Å². The van der Waals surface area contributed by atoms with Crippen LogP contribution in [0.25, 0.3) is 0 Å². The van der Waals surface area contributed by atoms with Gasteiger partial charge in [-0.15, -0.1) is 11.3 Å². The lowest BCUT2D eigenvalue weighted by atomic mass is 10.5. The first-order chi connectivity index (χ1) is 3.83. The van der Waals surface area contributed by atoms with E-state index in [4.69, 9.17) is 11.6 Å². The summed E-state index contributed by atoms with van der Waals surface area (Å²) < 4.78 is 0.628. The van der Waals surface area contributed by atoms with E-state index in [1.54, 1.807) is 18.4 Å². The van der Waals surface area contributed by atoms with E-state index in [1.165, 1.54) is 11.3 Å². The standard InChI is InChI=1S/C5H2ClOS/c6-5-2-1-4(3-7)8-5/h1-2H. The second kappa shape index (κ2) is 2.29. The highest BCUT2D eigenvalue weighted by atomic mass is 35.5. The van der Waals surface area contributed by atoms with Gasteiger partial charge in [-0.3, -0.25) is 4.79 Å². The summed E-state index contributed by atoms with van der Waals surface area (Å²) in [5, 5.41) is 0. The van der Waals surface area contributed by atoms with Crippen LogP contribution in [0.5, 0.6) is 0 Å². The molecular weight excluding hydrogens is 144 g/mol. The molecule has 0 saturated carbocycles. The fraction of sp³-hybridized carbons (Fsp3) is 0. The molecule has 3 heteroatoms. The molecule has 0 spiro atoms. The predicted octanol–water partition coefficient (Wildman–Crippen LogP) is 1.86. The number of rotatable bonds is 1. The minimum Gasteiger partial charge on any atom is -0.284 e. The smallest absolute Gasteiger partial charge is 0.244 e. The van der Waals surface area contributed by atoms with Crippen molar-refractivity contribution in [2.75, 3.05) is 0 Å². The number of thiophene rings is 1. The Morgan fingerprint density at radius 3 is 2.62 bits per heavy atom. The van der Waals surface area contributed by atoms with Crippen LogP contribution in [-0.4, -0.2) is 6.29 Å². The van der Waals surface area contributed by atoms with Crippen LogP contribution < -0.4 is 0 Å². The van der Waals surface area contributed by atoms with Crippen LogP contribution in [0.2, 0.25) is 4.34 Å². The van der Waals surface area contributed by atoms with Crippen LogP contribution >= 0.6 is 22.9 Å². The van der Waals surface area contributed by atoms with Crippen molar-refractivity contribution in [3.05, 3.63) is 21.3 Å². The Kier molecular flexibility index (Phi) is 1.65. The van der Waals surface area contributed by atoms with E-state index in [-0.39, 0.29) is 0 Å². The second-order valence-corrected chi connectivity index (χ2v) is 2.92. The zero-order valence-electron chi connectivity index (χ0n) is 3.85. The summed E-state index contributed by atoms with van der Waals surface area (Å²) in [5.74, 6) is 0. The minimum absolute atomic E-state index is 0.551. The molecule has 0 N–H and O–H groups in total. The predicted molar refractivity (Wildman–Crippen MR) is 34.1 cm³/mol. The molecule has 0 aliphatic heterocycles. The van der Waals surface area contributed by atoms with Gasteiger partial charge in [0.1, 0.15) is 0 Å². The quantitative estimate of drug-likeness (QED) is 0.590. The Labute approximate surface area is 55.9 Å². The van der Waals surface area contributed by atoms with Crippen molar-refractivity contribution in [2.45, 2.75) is 0 Å². The van der Waals surface area contributed by atoms with Gasteiger partial charge < -0.3 is 0 Å². The van der Waals surface area contributed by atoms with Gasteiger partial charge in [0.25, 0.3) is 0 Å². The van der Waals surface area contributed by atoms with Crippen molar-refractivity contribution in [3.63, 3.8) is 0 Å². The van der Waals surface area contributed by atoms with Crippen molar-refractivity contribution in [2.24, 2.45) is 0 Å². The van der Waals surface area contributed by atoms with Crippen molar-refractivity contribution in [1.29, 1.82) is 0 Å². The molecule has 1 nitrogen and oxygen atoms in total. The molecule has 8 heavy (non-hydrogen) atoms. The van der Waals surface area contributed by atoms with Crippen LogP contribution in [0, 0.1) is 0 Å². The highest BCUT2D eigenvalue weighted by Crippen LogP contribution is 2.18. The molecule has 0 unspecified atom stereocenters. The van der Waals surface area contributed by atoms with Crippen molar-refractivity contribution < 1.29 is 4.79 Å². The lowest BCUT2D eigenvalue weighted by Crippen LogP contribution is -1.63. The molecular formula is C5H2ClOS. The van der Waals surface area contributed by atoms with Gasteiger partial charge in [-0.2, -0.15) is 0 Å². The molecule has 0 saturated heterocycles. The first-order valence-electron chi connectivity index (χ1n) is 1.96. The lowest BCUT2D eigenvalue weighted by Gasteiger charge is -1.67. The van der Waals surface area contributed by atoms with E-state index >= 15 is 0 Å². The van der Waals surface area contributed by atoms with E-state index in [1.807, 2.05) is 0 Å². The lowest BCUT2D eigenvalue weighted by molar-refractivity contribution is 0.563. The average Bonchev–Trinajstić information content (AvgIpc) is 2.14. The van der Waals surface area contributed by atoms with Crippen LogP contribution in [-0.2, 0) is 4.79 Å². The maximum atomic E-state index is 9.85. The van der Waals surface area contributed by atoms with Crippen molar-refractivity contribution in [1.82, 2.24) is 0 Å². The van der Waals surface area contributed by atoms with Crippen molar-refractivity contribution in [3.8, 4) is 0 Å². The Morgan fingerprint density at radius 1 is 1.62 bits per heavy atom. The number of halogens is 1. The Morgan fingerprint density at radius 2 is 2.38 bits per heavy atom. The van der Waals surface area contributed by atoms with Gasteiger partial charge >= 0.3 is 0 Å². The molecule has 1 heterocycles. The summed E-state index contributed by atoms with van der Waals surface area (Å²) >= 11 is 6.71. The largest absolute Gasteiger partial charge is 0.284 e. The molecule has 41 valence electrons. The number of hydrogen-bond acceptors (Lipinski definition) is 2. The molecule has 0 aromatic carbocycles. The Hall–Kier alpha value is -0.340. The first-order valence-corrected chi connectivity index (χ1v) is 3.16. The SMILES string of the molecule is O=[C]c1ccc(Cl)s1. The molecule has 1 aromatic rings. The van der Waals surface area contributed by atoms with Crippen LogP contribution in [0.3, 0.4) is 0 Å². The van der Waals surface area contributed by atoms with E-state index < -0.39 is 0 Å². The molecule has 0 amide bonds. The molecule has 1 rings (SSSR count). The summed E-state index contributed by atoms with van der Waals surface area (Å²) in [6.45, 7) is 0. The van der Waals surface area contributed by atoms with E-state index in [9.17, 15) is 4.79 Å². The third kappa shape index (κ3) is 1.08. The zero-order valence-corrected chi connectivity index (χ0v) is 5.42.